The molecule has 3 N–H and O–H groups in total. The molecule has 37 heavy (non-hydrogen) atoms. The summed E-state index contributed by atoms with van der Waals surface area (Å²) in [5.41, 5.74) is 4.49. The number of aliphatic hydroxyl groups is 1. The van der Waals surface area contributed by atoms with Gasteiger partial charge in [0.1, 0.15) is 22.6 Å². The highest BCUT2D eigenvalue weighted by Crippen LogP contribution is 2.39. The van der Waals surface area contributed by atoms with Crippen LogP contribution in [0.2, 0.25) is 5.02 Å². The third kappa shape index (κ3) is 5.72. The van der Waals surface area contributed by atoms with Gasteiger partial charge in [-0.05, 0) is 62.7 Å². The number of aryl methyl sites for hydroxylation is 2. The van der Waals surface area contributed by atoms with Gasteiger partial charge in [-0.3, -0.25) is 14.4 Å². The lowest BCUT2D eigenvalue weighted by molar-refractivity contribution is -0.116. The van der Waals surface area contributed by atoms with Gasteiger partial charge in [0.05, 0.1) is 12.1 Å². The van der Waals surface area contributed by atoms with E-state index in [1.165, 1.54) is 24.1 Å². The molecule has 0 fully saturated rings. The van der Waals surface area contributed by atoms with Gasteiger partial charge in [0.25, 0.3) is 0 Å². The van der Waals surface area contributed by atoms with Gasteiger partial charge in [0, 0.05) is 33.8 Å². The van der Waals surface area contributed by atoms with E-state index in [0.29, 0.717) is 16.5 Å². The first kappa shape index (κ1) is 26.9. The van der Waals surface area contributed by atoms with Crippen molar-refractivity contribution in [2.45, 2.75) is 33.2 Å². The molecule has 194 valence electrons. The van der Waals surface area contributed by atoms with E-state index >= 15 is 0 Å². The van der Waals surface area contributed by atoms with Crippen LogP contribution in [0.1, 0.15) is 45.7 Å². The predicted molar refractivity (Wildman–Crippen MR) is 153 cm³/mol. The zero-order chi connectivity index (χ0) is 26.7. The van der Waals surface area contributed by atoms with Crippen LogP contribution in [0.3, 0.4) is 0 Å². The molecule has 1 aliphatic rings. The average molecular weight is 560 g/mol. The number of fused-ring (bicyclic) bond motifs is 3. The first-order valence-electron chi connectivity index (χ1n) is 11.6. The number of anilines is 1. The van der Waals surface area contributed by atoms with Crippen LogP contribution in [-0.2, 0) is 4.79 Å². The smallest absolute Gasteiger partial charge is 0.227 e. The number of benzene rings is 2. The molecular weight excluding hydrogens is 530 g/mol. The van der Waals surface area contributed by atoms with Crippen molar-refractivity contribution in [1.82, 2.24) is 14.8 Å². The molecule has 5 rings (SSSR count). The highest BCUT2D eigenvalue weighted by molar-refractivity contribution is 7.59. The van der Waals surface area contributed by atoms with Gasteiger partial charge < -0.3 is 15.5 Å². The van der Waals surface area contributed by atoms with Gasteiger partial charge in [0.2, 0.25) is 7.34 Å². The van der Waals surface area contributed by atoms with E-state index in [4.69, 9.17) is 18.0 Å². The zero-order valence-corrected chi connectivity index (χ0v) is 23.3. The number of hydrogen-bond acceptors (Lipinski definition) is 7. The monoisotopic (exact) mass is 559 g/mol. The summed E-state index contributed by atoms with van der Waals surface area (Å²) in [5.74, 6) is 1.30. The van der Waals surface area contributed by atoms with Gasteiger partial charge in [-0.15, -0.1) is 21.5 Å². The number of thiophene rings is 1. The molecule has 1 amide bonds. The number of aliphatic imine (C=N–C) groups is 1. The fourth-order valence-electron chi connectivity index (χ4n) is 4.06. The van der Waals surface area contributed by atoms with Crippen molar-refractivity contribution in [1.29, 1.82) is 1.43 Å². The fraction of sp³-hybridized carbons (Fsp3) is 0.231. The van der Waals surface area contributed by atoms with E-state index in [1.54, 1.807) is 23.5 Å². The predicted octanol–water partition coefficient (Wildman–Crippen LogP) is 5.26. The number of phenolic OH excluding ortho intramolecular Hbond substituents is 1. The van der Waals surface area contributed by atoms with E-state index < -0.39 is 6.04 Å². The first-order chi connectivity index (χ1) is 17.7. The van der Waals surface area contributed by atoms with E-state index in [-0.39, 0.29) is 31.6 Å². The number of rotatable bonds is 4. The number of carbonyl (C=O) groups is 1. The van der Waals surface area contributed by atoms with Crippen LogP contribution in [-0.4, -0.2) is 45.1 Å². The maximum atomic E-state index is 13.0. The number of aromatic hydroxyl groups is 1. The molecule has 0 aliphatic carbocycles. The number of amides is 1. The first-order valence-corrected chi connectivity index (χ1v) is 12.4. The SMILES string of the molecule is Cc1sc2c(c1C)C(c1ccc(Cl)cc1)=N[C@@H](CC(=O)Nc1ccc(O)cc1)c1nnc(C)n1-2.S.[3H]OC. The minimum absolute atomic E-state index is 0. The maximum Gasteiger partial charge on any atom is 0.227 e. The summed E-state index contributed by atoms with van der Waals surface area (Å²) >= 11 is 7.82. The van der Waals surface area contributed by atoms with Crippen molar-refractivity contribution in [3.63, 3.8) is 0 Å². The Balaban J connectivity index is 0.000000956. The second-order valence-corrected chi connectivity index (χ2v) is 9.84. The van der Waals surface area contributed by atoms with Crippen LogP contribution in [0.25, 0.3) is 5.00 Å². The molecule has 2 aromatic carbocycles. The molecule has 1 atom stereocenters. The van der Waals surface area contributed by atoms with E-state index in [1.807, 2.05) is 35.8 Å². The summed E-state index contributed by atoms with van der Waals surface area (Å²) in [5, 5.41) is 26.3. The van der Waals surface area contributed by atoms with Crippen LogP contribution in [0.4, 0.5) is 5.69 Å². The number of halogens is 1. The summed E-state index contributed by atoms with van der Waals surface area (Å²) in [7, 11) is 1.29. The number of carbonyl (C=O) groups excluding carboxylic acids is 1. The van der Waals surface area contributed by atoms with Crippen molar-refractivity contribution in [3.05, 3.63) is 86.8 Å². The second-order valence-electron chi connectivity index (χ2n) is 8.20. The van der Waals surface area contributed by atoms with Crippen LogP contribution in [0, 0.1) is 20.8 Å². The number of aromatic nitrogens is 3. The molecule has 3 heterocycles. The lowest BCUT2D eigenvalue weighted by Crippen LogP contribution is -2.17. The van der Waals surface area contributed by atoms with Gasteiger partial charge in [-0.1, -0.05) is 23.7 Å². The van der Waals surface area contributed by atoms with Gasteiger partial charge >= 0.3 is 0 Å². The lowest BCUT2D eigenvalue weighted by Gasteiger charge is -2.13. The maximum absolute atomic E-state index is 13.0. The summed E-state index contributed by atoms with van der Waals surface area (Å²) in [6, 6.07) is 13.4. The largest absolute Gasteiger partial charge is 0.508 e. The third-order valence-corrected chi connectivity index (χ3v) is 7.33. The Morgan fingerprint density at radius 1 is 1.14 bits per heavy atom. The molecule has 0 radical (unpaired) electrons. The molecule has 0 unspecified atom stereocenters. The Kier molecular flexibility index (Phi) is 8.65. The molecule has 0 saturated carbocycles. The number of aliphatic hydroxyl groups excluding tert-OH is 1. The van der Waals surface area contributed by atoms with Crippen LogP contribution in [0.15, 0.2) is 53.5 Å². The molecule has 0 bridgehead atoms. The van der Waals surface area contributed by atoms with Crippen molar-refractivity contribution in [3.8, 4) is 10.8 Å². The summed E-state index contributed by atoms with van der Waals surface area (Å²) in [4.78, 5) is 19.3. The fourth-order valence-corrected chi connectivity index (χ4v) is 5.40. The Morgan fingerprint density at radius 2 is 1.78 bits per heavy atom. The normalized spacial score (nSPS) is 14.0. The number of phenols is 1. The van der Waals surface area contributed by atoms with E-state index in [0.717, 1.165) is 33.2 Å². The Labute approximate surface area is 232 Å². The topological polar surface area (TPSA) is 113 Å². The van der Waals surface area contributed by atoms with E-state index in [9.17, 15) is 9.90 Å². The van der Waals surface area contributed by atoms with Crippen LogP contribution < -0.4 is 5.32 Å². The minimum atomic E-state index is -0.539. The summed E-state index contributed by atoms with van der Waals surface area (Å²) in [6.45, 7) is 6.09. The quantitative estimate of drug-likeness (QED) is 0.295. The van der Waals surface area contributed by atoms with Crippen LogP contribution in [0.5, 0.6) is 5.75 Å². The van der Waals surface area contributed by atoms with E-state index in [2.05, 4.69) is 34.5 Å². The third-order valence-electron chi connectivity index (χ3n) is 5.89. The minimum Gasteiger partial charge on any atom is -0.508 e. The van der Waals surface area contributed by atoms with Crippen molar-refractivity contribution >= 4 is 53.7 Å². The highest BCUT2D eigenvalue weighted by Gasteiger charge is 2.32. The van der Waals surface area contributed by atoms with Crippen molar-refractivity contribution in [2.75, 3.05) is 12.4 Å². The molecule has 0 saturated heterocycles. The average Bonchev–Trinajstić information content (AvgIpc) is 3.34. The van der Waals surface area contributed by atoms with Crippen LogP contribution >= 0.6 is 36.4 Å². The molecule has 4 aromatic rings. The van der Waals surface area contributed by atoms with Gasteiger partial charge in [0.15, 0.2) is 5.82 Å². The molecular formula is C26H28ClN5O3S2. The molecule has 0 spiro atoms. The number of nitrogens with one attached hydrogen (secondary N) is 1. The zero-order valence-electron chi connectivity index (χ0n) is 21.7. The highest BCUT2D eigenvalue weighted by atomic mass is 35.5. The molecule has 8 nitrogen and oxygen atoms in total. The second kappa shape index (κ2) is 11.9. The molecule has 1 aliphatic heterocycles. The van der Waals surface area contributed by atoms with Gasteiger partial charge in [-0.2, -0.15) is 13.5 Å². The Morgan fingerprint density at radius 3 is 2.43 bits per heavy atom. The standard InChI is InChI=1S/C25H22ClN5O2S.CH4O.H2S/c1-13-14(2)34-25-22(13)23(16-4-6-17(26)7-5-16)28-20(24-30-29-15(3)31(24)25)12-21(33)27-18-8-10-19(32)11-9-18;1-2;/h4-11,20,32H,12H2,1-3H3,(H,27,33);2H,1H3;1H2/t20-;;/m0../s1/i;2T;. The Hall–Kier alpha value is -3.18. The summed E-state index contributed by atoms with van der Waals surface area (Å²) in [6.07, 6.45) is 0.0864. The molecule has 11 heteroatoms. The Bertz CT molecular complexity index is 1450. The number of nitrogens with zero attached hydrogens (tertiary/aromatic N) is 4. The number of hydrogen-bond donors (Lipinski definition) is 3. The lowest BCUT2D eigenvalue weighted by atomic mass is 9.99. The van der Waals surface area contributed by atoms with Crippen molar-refractivity contribution < 1.29 is 15.0 Å². The molecule has 2 aromatic heterocycles. The summed E-state index contributed by atoms with van der Waals surface area (Å²) < 4.78 is 7.73. The van der Waals surface area contributed by atoms with Crippen molar-refractivity contribution in [2.24, 2.45) is 4.99 Å². The van der Waals surface area contributed by atoms with Gasteiger partial charge in [-0.25, -0.2) is 0 Å².